The molecule has 2 aromatic carbocycles. The van der Waals surface area contributed by atoms with E-state index >= 15 is 0 Å². The molecule has 0 bridgehead atoms. The van der Waals surface area contributed by atoms with Crippen LogP contribution in [0.3, 0.4) is 0 Å². The minimum absolute atomic E-state index is 0.00986. The smallest absolute Gasteiger partial charge is 0.230 e. The molecule has 162 valence electrons. The first-order valence-corrected chi connectivity index (χ1v) is 11.4. The van der Waals surface area contributed by atoms with E-state index in [4.69, 9.17) is 14.5 Å². The van der Waals surface area contributed by atoms with Gasteiger partial charge in [-0.2, -0.15) is 0 Å². The summed E-state index contributed by atoms with van der Waals surface area (Å²) < 4.78 is 10.8. The molecular formula is C24H27N3O3S. The molecule has 0 spiro atoms. The zero-order valence-corrected chi connectivity index (χ0v) is 18.6. The number of nitrogens with zero attached hydrogens (tertiary/aromatic N) is 1. The molecule has 0 aliphatic carbocycles. The monoisotopic (exact) mass is 437 g/mol. The van der Waals surface area contributed by atoms with Crippen molar-refractivity contribution in [2.75, 3.05) is 26.0 Å². The first-order chi connectivity index (χ1) is 15.1. The quantitative estimate of drug-likeness (QED) is 0.509. The van der Waals surface area contributed by atoms with Gasteiger partial charge in [-0.1, -0.05) is 41.6 Å². The Morgan fingerprint density at radius 1 is 1.19 bits per heavy atom. The number of nitrogens with one attached hydrogen (secondary N) is 2. The molecule has 1 aromatic heterocycles. The molecule has 3 aromatic rings. The topological polar surface area (TPSA) is 76.2 Å². The van der Waals surface area contributed by atoms with Crippen molar-refractivity contribution < 1.29 is 14.3 Å². The largest absolute Gasteiger partial charge is 0.497 e. The first-order valence-electron chi connectivity index (χ1n) is 10.4. The van der Waals surface area contributed by atoms with Crippen LogP contribution in [0.2, 0.25) is 0 Å². The predicted octanol–water partition coefficient (Wildman–Crippen LogP) is 4.45. The summed E-state index contributed by atoms with van der Waals surface area (Å²) in [6.07, 6.45) is 2.22. The average molecular weight is 438 g/mol. The maximum Gasteiger partial charge on any atom is 0.230 e. The second kappa shape index (κ2) is 10.0. The molecule has 1 fully saturated rings. The summed E-state index contributed by atoms with van der Waals surface area (Å²) in [5.41, 5.74) is 4.12. The van der Waals surface area contributed by atoms with E-state index in [0.717, 1.165) is 52.9 Å². The number of ether oxygens (including phenoxy) is 2. The number of rotatable bonds is 8. The predicted molar refractivity (Wildman–Crippen MR) is 123 cm³/mol. The van der Waals surface area contributed by atoms with E-state index in [9.17, 15) is 4.79 Å². The molecule has 6 nitrogen and oxygen atoms in total. The Hall–Kier alpha value is -2.77. The number of aromatic nitrogens is 2. The Bertz CT molecular complexity index is 1010. The third-order valence-electron chi connectivity index (χ3n) is 5.27. The van der Waals surface area contributed by atoms with Gasteiger partial charge in [0.1, 0.15) is 16.6 Å². The Kier molecular flexibility index (Phi) is 6.94. The van der Waals surface area contributed by atoms with Crippen molar-refractivity contribution in [3.8, 4) is 28.4 Å². The number of imidazole rings is 1. The van der Waals surface area contributed by atoms with Crippen LogP contribution >= 0.6 is 11.8 Å². The Balaban J connectivity index is 1.51. The van der Waals surface area contributed by atoms with Crippen LogP contribution < -0.4 is 10.1 Å². The Labute approximate surface area is 186 Å². The van der Waals surface area contributed by atoms with Gasteiger partial charge in [0.2, 0.25) is 5.91 Å². The lowest BCUT2D eigenvalue weighted by atomic mass is 10.1. The summed E-state index contributed by atoms with van der Waals surface area (Å²) in [5, 5.41) is 3.78. The molecule has 0 saturated carbocycles. The van der Waals surface area contributed by atoms with Gasteiger partial charge in [-0.05, 0) is 44.0 Å². The second-order valence-electron chi connectivity index (χ2n) is 7.59. The van der Waals surface area contributed by atoms with Crippen molar-refractivity contribution in [2.24, 2.45) is 0 Å². The lowest BCUT2D eigenvalue weighted by Crippen LogP contribution is -2.32. The van der Waals surface area contributed by atoms with Crippen molar-refractivity contribution in [3.63, 3.8) is 0 Å². The number of hydrogen-bond acceptors (Lipinski definition) is 5. The van der Waals surface area contributed by atoms with Gasteiger partial charge in [-0.3, -0.25) is 4.79 Å². The van der Waals surface area contributed by atoms with Crippen LogP contribution in [0.25, 0.3) is 22.6 Å². The van der Waals surface area contributed by atoms with Crippen LogP contribution in [-0.2, 0) is 9.53 Å². The number of aromatic amines is 1. The third-order valence-corrected chi connectivity index (χ3v) is 6.24. The van der Waals surface area contributed by atoms with E-state index < -0.39 is 0 Å². The van der Waals surface area contributed by atoms with Crippen molar-refractivity contribution >= 4 is 17.7 Å². The fourth-order valence-electron chi connectivity index (χ4n) is 3.48. The molecule has 4 rings (SSSR count). The van der Waals surface area contributed by atoms with E-state index in [0.29, 0.717) is 12.3 Å². The normalized spacial score (nSPS) is 15.7. The fraction of sp³-hybridized carbons (Fsp3) is 0.333. The molecule has 1 aliphatic rings. The van der Waals surface area contributed by atoms with Gasteiger partial charge in [0.15, 0.2) is 0 Å². The molecule has 2 N–H and O–H groups in total. The maximum absolute atomic E-state index is 12.4. The molecule has 7 heteroatoms. The van der Waals surface area contributed by atoms with Gasteiger partial charge in [-0.25, -0.2) is 4.98 Å². The van der Waals surface area contributed by atoms with Gasteiger partial charge in [0.25, 0.3) is 0 Å². The van der Waals surface area contributed by atoms with Crippen LogP contribution in [0.5, 0.6) is 5.75 Å². The summed E-state index contributed by atoms with van der Waals surface area (Å²) >= 11 is 1.44. The number of carbonyl (C=O) groups is 1. The number of carbonyl (C=O) groups excluding carboxylic acids is 1. The van der Waals surface area contributed by atoms with E-state index in [1.54, 1.807) is 7.11 Å². The number of benzene rings is 2. The summed E-state index contributed by atoms with van der Waals surface area (Å²) in [4.78, 5) is 20.6. The number of hydrogen-bond donors (Lipinski definition) is 2. The zero-order chi connectivity index (χ0) is 21.6. The number of amides is 1. The SMILES string of the molecule is COc1ccc(-c2nc(SCC(=O)NCC3CCCO3)c(-c3ccc(C)cc3)[nH]2)cc1. The minimum atomic E-state index is -0.00986. The highest BCUT2D eigenvalue weighted by molar-refractivity contribution is 8.00. The molecule has 2 heterocycles. The zero-order valence-electron chi connectivity index (χ0n) is 17.8. The maximum atomic E-state index is 12.4. The van der Waals surface area contributed by atoms with Crippen LogP contribution in [0.15, 0.2) is 53.6 Å². The highest BCUT2D eigenvalue weighted by Crippen LogP contribution is 2.33. The van der Waals surface area contributed by atoms with E-state index in [1.807, 2.05) is 24.3 Å². The van der Waals surface area contributed by atoms with Gasteiger partial charge < -0.3 is 19.8 Å². The van der Waals surface area contributed by atoms with E-state index in [-0.39, 0.29) is 12.0 Å². The summed E-state index contributed by atoms with van der Waals surface area (Å²) in [6.45, 7) is 3.42. The highest BCUT2D eigenvalue weighted by atomic mass is 32.2. The van der Waals surface area contributed by atoms with Crippen molar-refractivity contribution in [1.29, 1.82) is 0 Å². The average Bonchev–Trinajstić information content (AvgIpc) is 3.47. The van der Waals surface area contributed by atoms with Crippen LogP contribution in [0.4, 0.5) is 0 Å². The standard InChI is InChI=1S/C24H27N3O3S/c1-16-5-7-17(8-6-16)22-24(31-15-21(28)25-14-20-4-3-13-30-20)27-23(26-22)18-9-11-19(29-2)12-10-18/h5-12,20H,3-4,13-15H2,1-2H3,(H,25,28)(H,26,27). The van der Waals surface area contributed by atoms with Gasteiger partial charge in [0, 0.05) is 24.3 Å². The molecule has 1 unspecified atom stereocenters. The lowest BCUT2D eigenvalue weighted by Gasteiger charge is -2.10. The molecule has 0 radical (unpaired) electrons. The van der Waals surface area contributed by atoms with Crippen LogP contribution in [0.1, 0.15) is 18.4 Å². The highest BCUT2D eigenvalue weighted by Gasteiger charge is 2.18. The molecular weight excluding hydrogens is 410 g/mol. The Morgan fingerprint density at radius 2 is 1.94 bits per heavy atom. The Morgan fingerprint density at radius 3 is 2.61 bits per heavy atom. The lowest BCUT2D eigenvalue weighted by molar-refractivity contribution is -0.119. The summed E-state index contributed by atoms with van der Waals surface area (Å²) in [6, 6.07) is 16.1. The fourth-order valence-corrected chi connectivity index (χ4v) is 4.32. The van der Waals surface area contributed by atoms with Gasteiger partial charge >= 0.3 is 0 Å². The van der Waals surface area contributed by atoms with Crippen LogP contribution in [0, 0.1) is 6.92 Å². The van der Waals surface area contributed by atoms with Crippen LogP contribution in [-0.4, -0.2) is 48.0 Å². The number of methoxy groups -OCH3 is 1. The van der Waals surface area contributed by atoms with E-state index in [1.165, 1.54) is 17.3 Å². The molecule has 1 aliphatic heterocycles. The van der Waals surface area contributed by atoms with Crippen molar-refractivity contribution in [2.45, 2.75) is 30.9 Å². The van der Waals surface area contributed by atoms with E-state index in [2.05, 4.69) is 41.5 Å². The number of H-pyrrole nitrogens is 1. The van der Waals surface area contributed by atoms with Crippen molar-refractivity contribution in [3.05, 3.63) is 54.1 Å². The van der Waals surface area contributed by atoms with Gasteiger partial charge in [0.05, 0.1) is 24.7 Å². The number of aryl methyl sites for hydroxylation is 1. The summed E-state index contributed by atoms with van der Waals surface area (Å²) in [5.74, 6) is 1.86. The number of thioether (sulfide) groups is 1. The third kappa shape index (κ3) is 5.48. The molecule has 1 amide bonds. The molecule has 1 atom stereocenters. The first kappa shape index (κ1) is 21.5. The molecule has 1 saturated heterocycles. The summed E-state index contributed by atoms with van der Waals surface area (Å²) in [7, 11) is 1.65. The van der Waals surface area contributed by atoms with Gasteiger partial charge in [-0.15, -0.1) is 0 Å². The second-order valence-corrected chi connectivity index (χ2v) is 8.55. The minimum Gasteiger partial charge on any atom is -0.497 e. The molecule has 31 heavy (non-hydrogen) atoms. The van der Waals surface area contributed by atoms with Crippen molar-refractivity contribution in [1.82, 2.24) is 15.3 Å².